The van der Waals surface area contributed by atoms with Crippen molar-refractivity contribution in [3.05, 3.63) is 68.6 Å². The maximum absolute atomic E-state index is 13.8. The normalized spacial score (nSPS) is 12.0. The van der Waals surface area contributed by atoms with Crippen LogP contribution in [0, 0.1) is 6.92 Å². The highest BCUT2D eigenvalue weighted by Crippen LogP contribution is 2.29. The Kier molecular flexibility index (Phi) is 10.4. The number of amides is 2. The second-order valence-corrected chi connectivity index (χ2v) is 11.0. The Bertz CT molecular complexity index is 1350. The van der Waals surface area contributed by atoms with Crippen molar-refractivity contribution >= 4 is 23.2 Å². The number of carbonyl (C=O) groups is 2. The second kappa shape index (κ2) is 13.5. The van der Waals surface area contributed by atoms with E-state index in [-0.39, 0.29) is 48.8 Å². The van der Waals surface area contributed by atoms with Gasteiger partial charge in [0.05, 0.1) is 18.2 Å². The number of methoxy groups -OCH3 is 1. The van der Waals surface area contributed by atoms with Gasteiger partial charge in [-0.25, -0.2) is 4.98 Å². The minimum atomic E-state index is -0.664. The summed E-state index contributed by atoms with van der Waals surface area (Å²) < 4.78 is 6.91. The third kappa shape index (κ3) is 7.33. The highest BCUT2D eigenvalue weighted by atomic mass is 32.1. The molecular weight excluding hydrogens is 516 g/mol. The number of hydrogen-bond acceptors (Lipinski definition) is 7. The van der Waals surface area contributed by atoms with E-state index in [9.17, 15) is 19.5 Å². The minimum Gasteiger partial charge on any atom is -0.503 e. The monoisotopic (exact) mass is 554 g/mol. The lowest BCUT2D eigenvalue weighted by Crippen LogP contribution is -2.42. The Hall–Kier alpha value is -3.50. The lowest BCUT2D eigenvalue weighted by molar-refractivity contribution is -0.121. The number of rotatable bonds is 12. The van der Waals surface area contributed by atoms with Crippen LogP contribution in [0.4, 0.5) is 0 Å². The molecule has 0 saturated heterocycles. The van der Waals surface area contributed by atoms with E-state index in [1.165, 1.54) is 21.8 Å². The molecule has 2 heterocycles. The number of aryl methyl sites for hydroxylation is 1. The second-order valence-electron chi connectivity index (χ2n) is 9.87. The zero-order valence-electron chi connectivity index (χ0n) is 23.5. The molecule has 3 aromatic rings. The molecule has 0 aliphatic rings. The molecule has 10 heteroatoms. The van der Waals surface area contributed by atoms with Crippen molar-refractivity contribution in [3.63, 3.8) is 0 Å². The van der Waals surface area contributed by atoms with E-state index in [1.807, 2.05) is 34.6 Å². The summed E-state index contributed by atoms with van der Waals surface area (Å²) in [6.07, 6.45) is 4.09. The fourth-order valence-corrected chi connectivity index (χ4v) is 5.26. The quantitative estimate of drug-likeness (QED) is 0.348. The molecule has 3 rings (SSSR count). The van der Waals surface area contributed by atoms with Gasteiger partial charge in [0.15, 0.2) is 11.4 Å². The summed E-state index contributed by atoms with van der Waals surface area (Å²) >= 11 is 1.38. The van der Waals surface area contributed by atoms with Crippen LogP contribution in [0.15, 0.2) is 41.5 Å². The number of carbonyl (C=O) groups excluding carboxylic acids is 2. The third-order valence-corrected chi connectivity index (χ3v) is 7.45. The predicted molar refractivity (Wildman–Crippen MR) is 154 cm³/mol. The zero-order chi connectivity index (χ0) is 28.7. The first-order chi connectivity index (χ1) is 18.6. The van der Waals surface area contributed by atoms with Gasteiger partial charge < -0.3 is 24.6 Å². The van der Waals surface area contributed by atoms with Crippen molar-refractivity contribution in [3.8, 4) is 16.3 Å². The molecule has 0 spiro atoms. The molecule has 0 unspecified atom stereocenters. The molecule has 2 N–H and O–H groups in total. The molecule has 1 aromatic carbocycles. The smallest absolute Gasteiger partial charge is 0.274 e. The number of benzene rings is 1. The van der Waals surface area contributed by atoms with Gasteiger partial charge in [-0.15, -0.1) is 11.3 Å². The summed E-state index contributed by atoms with van der Waals surface area (Å²) in [5.41, 5.74) is 1.73. The van der Waals surface area contributed by atoms with Gasteiger partial charge in [0.1, 0.15) is 5.01 Å². The number of hydrogen-bond donors (Lipinski definition) is 2. The topological polar surface area (TPSA) is 114 Å². The lowest BCUT2D eigenvalue weighted by Gasteiger charge is -2.29. The SMILES string of the molecule is CCNC(=O)CCN(C(=O)c1c(O)c(=O)c(-c2ncc(Cc3ccc(C)cc3)s2)cn1[C@@H](C)COC)C(C)C. The summed E-state index contributed by atoms with van der Waals surface area (Å²) in [7, 11) is 1.55. The molecule has 0 saturated carbocycles. The Morgan fingerprint density at radius 1 is 1.21 bits per heavy atom. The molecule has 2 amide bonds. The third-order valence-electron chi connectivity index (χ3n) is 6.42. The standard InChI is InChI=1S/C29H38N4O5S/c1-7-30-24(34)12-13-32(18(2)3)29(37)25-27(36)26(35)23(16-33(25)20(5)17-38-6)28-31-15-22(39-28)14-21-10-8-19(4)9-11-21/h8-11,15-16,18,20,36H,7,12-14,17H2,1-6H3,(H,30,34)/t20-/m0/s1. The maximum atomic E-state index is 13.8. The number of pyridine rings is 1. The van der Waals surface area contributed by atoms with Gasteiger partial charge in [-0.05, 0) is 40.2 Å². The molecule has 0 radical (unpaired) electrons. The Morgan fingerprint density at radius 2 is 1.90 bits per heavy atom. The number of ether oxygens (including phenoxy) is 1. The Balaban J connectivity index is 2.02. The summed E-state index contributed by atoms with van der Waals surface area (Å²) in [4.78, 5) is 46.2. The average molecular weight is 555 g/mol. The molecule has 2 aromatic heterocycles. The van der Waals surface area contributed by atoms with Crippen molar-refractivity contribution in [1.29, 1.82) is 0 Å². The van der Waals surface area contributed by atoms with Crippen molar-refractivity contribution < 1.29 is 19.4 Å². The summed E-state index contributed by atoms with van der Waals surface area (Å²) in [5.74, 6) is -1.34. The molecule has 0 bridgehead atoms. The van der Waals surface area contributed by atoms with E-state index in [0.29, 0.717) is 18.0 Å². The van der Waals surface area contributed by atoms with E-state index in [2.05, 4.69) is 34.6 Å². The largest absolute Gasteiger partial charge is 0.503 e. The number of aromatic nitrogens is 2. The van der Waals surface area contributed by atoms with Gasteiger partial charge in [0.2, 0.25) is 11.3 Å². The number of nitrogens with zero attached hydrogens (tertiary/aromatic N) is 3. The molecule has 9 nitrogen and oxygen atoms in total. The van der Waals surface area contributed by atoms with Crippen LogP contribution >= 0.6 is 11.3 Å². The minimum absolute atomic E-state index is 0.108. The van der Waals surface area contributed by atoms with Gasteiger partial charge in [-0.1, -0.05) is 29.8 Å². The first-order valence-electron chi connectivity index (χ1n) is 13.1. The van der Waals surface area contributed by atoms with E-state index in [4.69, 9.17) is 4.74 Å². The van der Waals surface area contributed by atoms with E-state index >= 15 is 0 Å². The first kappa shape index (κ1) is 30.0. The number of aromatic hydroxyl groups is 1. The van der Waals surface area contributed by atoms with Crippen molar-refractivity contribution in [2.45, 2.75) is 59.5 Å². The first-order valence-corrected chi connectivity index (χ1v) is 13.9. The van der Waals surface area contributed by atoms with Gasteiger partial charge in [0.25, 0.3) is 5.91 Å². The van der Waals surface area contributed by atoms with E-state index < -0.39 is 17.1 Å². The highest BCUT2D eigenvalue weighted by molar-refractivity contribution is 7.15. The van der Waals surface area contributed by atoms with Crippen LogP contribution in [-0.2, 0) is 16.0 Å². The van der Waals surface area contributed by atoms with Crippen LogP contribution in [-0.4, -0.2) is 64.2 Å². The molecular formula is C29H38N4O5S. The molecule has 0 aliphatic heterocycles. The maximum Gasteiger partial charge on any atom is 0.274 e. The predicted octanol–water partition coefficient (Wildman–Crippen LogP) is 4.16. The lowest BCUT2D eigenvalue weighted by atomic mass is 10.1. The van der Waals surface area contributed by atoms with Crippen LogP contribution in [0.2, 0.25) is 0 Å². The molecule has 1 atom stereocenters. The van der Waals surface area contributed by atoms with Gasteiger partial charge >= 0.3 is 0 Å². The van der Waals surface area contributed by atoms with Crippen LogP contribution in [0.5, 0.6) is 5.75 Å². The van der Waals surface area contributed by atoms with Gasteiger partial charge in [-0.2, -0.15) is 0 Å². The van der Waals surface area contributed by atoms with Crippen LogP contribution < -0.4 is 10.7 Å². The summed E-state index contributed by atoms with van der Waals surface area (Å²) in [6.45, 7) is 10.2. The molecule has 210 valence electrons. The molecule has 39 heavy (non-hydrogen) atoms. The number of thiazole rings is 1. The van der Waals surface area contributed by atoms with Crippen molar-refractivity contribution in [2.75, 3.05) is 26.8 Å². The summed E-state index contributed by atoms with van der Waals surface area (Å²) in [5, 5.41) is 14.3. The fourth-order valence-electron chi connectivity index (χ4n) is 4.31. The molecule has 0 aliphatic carbocycles. The van der Waals surface area contributed by atoms with Crippen molar-refractivity contribution in [2.24, 2.45) is 0 Å². The Labute approximate surface area is 233 Å². The van der Waals surface area contributed by atoms with Gasteiger partial charge in [-0.3, -0.25) is 14.4 Å². The van der Waals surface area contributed by atoms with E-state index in [0.717, 1.165) is 10.4 Å². The summed E-state index contributed by atoms with van der Waals surface area (Å²) in [6, 6.07) is 7.59. The van der Waals surface area contributed by atoms with E-state index in [1.54, 1.807) is 24.1 Å². The Morgan fingerprint density at radius 3 is 2.51 bits per heavy atom. The van der Waals surface area contributed by atoms with Crippen molar-refractivity contribution in [1.82, 2.24) is 19.8 Å². The van der Waals surface area contributed by atoms with Crippen LogP contribution in [0.3, 0.4) is 0 Å². The average Bonchev–Trinajstić information content (AvgIpc) is 3.35. The van der Waals surface area contributed by atoms with Crippen LogP contribution in [0.25, 0.3) is 10.6 Å². The zero-order valence-corrected chi connectivity index (χ0v) is 24.3. The highest BCUT2D eigenvalue weighted by Gasteiger charge is 2.30. The van der Waals surface area contributed by atoms with Crippen LogP contribution in [0.1, 0.15) is 66.7 Å². The molecule has 0 fully saturated rings. The fraction of sp³-hybridized carbons (Fsp3) is 0.448. The number of nitrogens with one attached hydrogen (secondary N) is 1. The van der Waals surface area contributed by atoms with Gasteiger partial charge in [0, 0.05) is 56.4 Å².